The number of aromatic nitrogens is 1. The average Bonchev–Trinajstić information content (AvgIpc) is 2.70. The summed E-state index contributed by atoms with van der Waals surface area (Å²) in [6.07, 6.45) is 1.65. The normalized spacial score (nSPS) is 21.4. The Morgan fingerprint density at radius 3 is 2.93 bits per heavy atom. The van der Waals surface area contributed by atoms with Gasteiger partial charge in [-0.2, -0.15) is 0 Å². The minimum Gasteiger partial charge on any atom is -0.475 e. The van der Waals surface area contributed by atoms with Gasteiger partial charge in [0.25, 0.3) is 0 Å². The standard InChI is InChI=1S/C9H11NO4/c1-5-7(9(11)12)14-8(10-5)6-3-2-4-13-6/h6H,2-4H2,1H3,(H,11,12). The fourth-order valence-electron chi connectivity index (χ4n) is 1.53. The summed E-state index contributed by atoms with van der Waals surface area (Å²) in [6.45, 7) is 2.31. The molecule has 0 amide bonds. The second-order valence-corrected chi connectivity index (χ2v) is 3.27. The van der Waals surface area contributed by atoms with Gasteiger partial charge < -0.3 is 14.3 Å². The zero-order valence-corrected chi connectivity index (χ0v) is 7.82. The Balaban J connectivity index is 2.27. The van der Waals surface area contributed by atoms with Gasteiger partial charge in [0.1, 0.15) is 6.10 Å². The lowest BCUT2D eigenvalue weighted by Crippen LogP contribution is -1.96. The SMILES string of the molecule is Cc1nc(C2CCCO2)oc1C(=O)O. The number of hydrogen-bond donors (Lipinski definition) is 1. The van der Waals surface area contributed by atoms with Gasteiger partial charge in [-0.15, -0.1) is 0 Å². The van der Waals surface area contributed by atoms with Crippen molar-refractivity contribution in [2.75, 3.05) is 6.61 Å². The number of oxazole rings is 1. The fourth-order valence-corrected chi connectivity index (χ4v) is 1.53. The number of aromatic carboxylic acids is 1. The lowest BCUT2D eigenvalue weighted by atomic mass is 10.2. The molecule has 5 nitrogen and oxygen atoms in total. The smallest absolute Gasteiger partial charge is 0.373 e. The quantitative estimate of drug-likeness (QED) is 0.778. The van der Waals surface area contributed by atoms with Crippen molar-refractivity contribution in [3.8, 4) is 0 Å². The molecule has 1 unspecified atom stereocenters. The first-order chi connectivity index (χ1) is 6.68. The summed E-state index contributed by atoms with van der Waals surface area (Å²) in [4.78, 5) is 14.7. The molecule has 1 aliphatic rings. The summed E-state index contributed by atoms with van der Waals surface area (Å²) in [5.74, 6) is -0.785. The van der Waals surface area contributed by atoms with Crippen molar-refractivity contribution in [2.45, 2.75) is 25.9 Å². The van der Waals surface area contributed by atoms with Crippen molar-refractivity contribution in [3.05, 3.63) is 17.3 Å². The highest BCUT2D eigenvalue weighted by molar-refractivity contribution is 5.85. The van der Waals surface area contributed by atoms with Crippen LogP contribution in [0.25, 0.3) is 0 Å². The predicted molar refractivity (Wildman–Crippen MR) is 46.1 cm³/mol. The molecular formula is C9H11NO4. The Hall–Kier alpha value is -1.36. The average molecular weight is 197 g/mol. The Morgan fingerprint density at radius 2 is 2.43 bits per heavy atom. The van der Waals surface area contributed by atoms with E-state index in [9.17, 15) is 4.79 Å². The van der Waals surface area contributed by atoms with Gasteiger partial charge in [0.15, 0.2) is 0 Å². The van der Waals surface area contributed by atoms with Crippen LogP contribution < -0.4 is 0 Å². The number of nitrogens with zero attached hydrogens (tertiary/aromatic N) is 1. The summed E-state index contributed by atoms with van der Waals surface area (Å²) < 4.78 is 10.5. The van der Waals surface area contributed by atoms with Crippen LogP contribution in [-0.2, 0) is 4.74 Å². The van der Waals surface area contributed by atoms with Crippen molar-refractivity contribution in [1.29, 1.82) is 0 Å². The largest absolute Gasteiger partial charge is 0.475 e. The molecule has 0 spiro atoms. The van der Waals surface area contributed by atoms with E-state index < -0.39 is 5.97 Å². The van der Waals surface area contributed by atoms with Crippen LogP contribution in [0, 0.1) is 6.92 Å². The number of carboxylic acids is 1. The first-order valence-corrected chi connectivity index (χ1v) is 4.50. The Kier molecular flexibility index (Phi) is 2.25. The molecule has 1 aromatic rings. The second kappa shape index (κ2) is 3.42. The molecule has 2 heterocycles. The summed E-state index contributed by atoms with van der Waals surface area (Å²) in [6, 6.07) is 0. The van der Waals surface area contributed by atoms with Crippen molar-refractivity contribution >= 4 is 5.97 Å². The summed E-state index contributed by atoms with van der Waals surface area (Å²) in [7, 11) is 0. The van der Waals surface area contributed by atoms with Crippen molar-refractivity contribution in [3.63, 3.8) is 0 Å². The van der Waals surface area contributed by atoms with E-state index in [1.165, 1.54) is 0 Å². The molecule has 76 valence electrons. The minimum atomic E-state index is -1.08. The molecule has 0 aliphatic carbocycles. The molecule has 2 rings (SSSR count). The number of hydrogen-bond acceptors (Lipinski definition) is 4. The Labute approximate surface area is 80.7 Å². The highest BCUT2D eigenvalue weighted by atomic mass is 16.5. The third-order valence-corrected chi connectivity index (χ3v) is 2.21. The van der Waals surface area contributed by atoms with Crippen LogP contribution in [0.4, 0.5) is 0 Å². The molecule has 1 fully saturated rings. The Bertz CT molecular complexity index is 352. The van der Waals surface area contributed by atoms with E-state index in [0.717, 1.165) is 12.8 Å². The van der Waals surface area contributed by atoms with Gasteiger partial charge in [-0.1, -0.05) is 0 Å². The van der Waals surface area contributed by atoms with Gasteiger partial charge in [-0.05, 0) is 19.8 Å². The topological polar surface area (TPSA) is 72.6 Å². The molecule has 1 aliphatic heterocycles. The molecule has 0 radical (unpaired) electrons. The molecule has 14 heavy (non-hydrogen) atoms. The van der Waals surface area contributed by atoms with Crippen molar-refractivity contribution in [1.82, 2.24) is 4.98 Å². The summed E-state index contributed by atoms with van der Waals surface area (Å²) in [5, 5.41) is 8.75. The number of ether oxygens (including phenoxy) is 1. The third kappa shape index (κ3) is 1.50. The van der Waals surface area contributed by atoms with E-state index in [-0.39, 0.29) is 11.9 Å². The lowest BCUT2D eigenvalue weighted by molar-refractivity contribution is 0.0632. The number of carbonyl (C=O) groups is 1. The first kappa shape index (κ1) is 9.21. The van der Waals surface area contributed by atoms with Crippen LogP contribution in [0.15, 0.2) is 4.42 Å². The highest BCUT2D eigenvalue weighted by Gasteiger charge is 2.25. The van der Waals surface area contributed by atoms with Gasteiger partial charge in [-0.25, -0.2) is 9.78 Å². The number of carboxylic acid groups (broad SMARTS) is 1. The van der Waals surface area contributed by atoms with E-state index >= 15 is 0 Å². The van der Waals surface area contributed by atoms with Crippen LogP contribution in [0.3, 0.4) is 0 Å². The third-order valence-electron chi connectivity index (χ3n) is 2.21. The summed E-state index contributed by atoms with van der Waals surface area (Å²) in [5.41, 5.74) is 0.406. The second-order valence-electron chi connectivity index (χ2n) is 3.27. The monoisotopic (exact) mass is 197 g/mol. The molecule has 1 atom stereocenters. The van der Waals surface area contributed by atoms with Crippen LogP contribution in [0.5, 0.6) is 0 Å². The van der Waals surface area contributed by atoms with E-state index in [1.807, 2.05) is 0 Å². The van der Waals surface area contributed by atoms with Gasteiger partial charge >= 0.3 is 5.97 Å². The van der Waals surface area contributed by atoms with Gasteiger partial charge in [0.2, 0.25) is 11.7 Å². The molecule has 0 saturated carbocycles. The lowest BCUT2D eigenvalue weighted by Gasteiger charge is -2.01. The van der Waals surface area contributed by atoms with E-state index in [1.54, 1.807) is 6.92 Å². The van der Waals surface area contributed by atoms with Crippen molar-refractivity contribution in [2.24, 2.45) is 0 Å². The van der Waals surface area contributed by atoms with E-state index in [2.05, 4.69) is 4.98 Å². The molecule has 0 aromatic carbocycles. The molecule has 5 heteroatoms. The maximum Gasteiger partial charge on any atom is 0.373 e. The maximum atomic E-state index is 10.7. The molecule has 1 N–H and O–H groups in total. The van der Waals surface area contributed by atoms with Crippen LogP contribution in [0.1, 0.15) is 41.1 Å². The zero-order valence-electron chi connectivity index (χ0n) is 7.82. The van der Waals surface area contributed by atoms with E-state index in [0.29, 0.717) is 18.2 Å². The molecule has 1 aromatic heterocycles. The van der Waals surface area contributed by atoms with Crippen molar-refractivity contribution < 1.29 is 19.1 Å². The van der Waals surface area contributed by atoms with Gasteiger partial charge in [0, 0.05) is 6.61 Å². The molecule has 0 bridgehead atoms. The summed E-state index contributed by atoms with van der Waals surface area (Å²) >= 11 is 0. The van der Waals surface area contributed by atoms with Crippen LogP contribution in [0.2, 0.25) is 0 Å². The number of rotatable bonds is 2. The van der Waals surface area contributed by atoms with Crippen LogP contribution >= 0.6 is 0 Å². The maximum absolute atomic E-state index is 10.7. The van der Waals surface area contributed by atoms with Crippen LogP contribution in [-0.4, -0.2) is 22.7 Å². The predicted octanol–water partition coefficient (Wildman–Crippen LogP) is 1.53. The first-order valence-electron chi connectivity index (χ1n) is 4.50. The molecular weight excluding hydrogens is 186 g/mol. The van der Waals surface area contributed by atoms with E-state index in [4.69, 9.17) is 14.3 Å². The molecule has 1 saturated heterocycles. The highest BCUT2D eigenvalue weighted by Crippen LogP contribution is 2.28. The Morgan fingerprint density at radius 1 is 1.64 bits per heavy atom. The van der Waals surface area contributed by atoms with Gasteiger partial charge in [-0.3, -0.25) is 0 Å². The minimum absolute atomic E-state index is 0.0875. The zero-order chi connectivity index (χ0) is 10.1. The fraction of sp³-hybridized carbons (Fsp3) is 0.556. The van der Waals surface area contributed by atoms with Gasteiger partial charge in [0.05, 0.1) is 5.69 Å². The number of aryl methyl sites for hydroxylation is 1.